The molecule has 3 aromatic rings. The molecule has 0 unspecified atom stereocenters. The molecule has 0 N–H and O–H groups in total. The van der Waals surface area contributed by atoms with Gasteiger partial charge >= 0.3 is 176 Å². The van der Waals surface area contributed by atoms with Crippen molar-refractivity contribution in [3.63, 3.8) is 0 Å². The van der Waals surface area contributed by atoms with E-state index in [0.29, 0.717) is 0 Å². The molecule has 138 valence electrons. The van der Waals surface area contributed by atoms with Gasteiger partial charge in [-0.15, -0.1) is 0 Å². The molecule has 1 aliphatic heterocycles. The fraction of sp³-hybridized carbons (Fsp3) is 0.250. The second-order valence-electron chi connectivity index (χ2n) is 7.77. The average molecular weight is 485 g/mol. The maximum atomic E-state index is 2.94. The van der Waals surface area contributed by atoms with Crippen LogP contribution in [0.2, 0.25) is 0 Å². The zero-order valence-corrected chi connectivity index (χ0v) is 18.5. The van der Waals surface area contributed by atoms with Crippen molar-refractivity contribution in [3.05, 3.63) is 91.0 Å². The number of halogens is 1. The molecular formula is C24H25INP. The molecule has 2 fully saturated rings. The molecule has 3 aromatic carbocycles. The van der Waals surface area contributed by atoms with Crippen molar-refractivity contribution in [2.24, 2.45) is 0 Å². The van der Waals surface area contributed by atoms with Gasteiger partial charge in [-0.2, -0.15) is 0 Å². The molecular weight excluding hydrogens is 460 g/mol. The van der Waals surface area contributed by atoms with Crippen molar-refractivity contribution < 1.29 is 0 Å². The topological polar surface area (TPSA) is 3.01 Å². The molecule has 1 saturated heterocycles. The van der Waals surface area contributed by atoms with Crippen LogP contribution in [0.4, 0.5) is 0 Å². The molecule has 1 aliphatic carbocycles. The number of rotatable bonds is 4. The number of hydrogen-bond donors (Lipinski definition) is 0. The first kappa shape index (κ1) is 17.8. The molecule has 2 aliphatic rings. The molecule has 1 saturated carbocycles. The van der Waals surface area contributed by atoms with Crippen LogP contribution < -0.4 is 15.9 Å². The Kier molecular flexibility index (Phi) is 4.42. The van der Waals surface area contributed by atoms with Crippen molar-refractivity contribution >= 4 is 42.4 Å². The molecule has 0 radical (unpaired) electrons. The van der Waals surface area contributed by atoms with Crippen LogP contribution in [0.15, 0.2) is 91.0 Å². The third-order valence-corrected chi connectivity index (χ3v) is 18.1. The minimum absolute atomic E-state index is 0.730. The van der Waals surface area contributed by atoms with Crippen LogP contribution in [0.5, 0.6) is 0 Å². The second kappa shape index (κ2) is 6.69. The maximum absolute atomic E-state index is 2.94. The molecule has 27 heavy (non-hydrogen) atoms. The summed E-state index contributed by atoms with van der Waals surface area (Å²) in [6, 6.07) is 35.4. The Morgan fingerprint density at radius 1 is 0.593 bits per heavy atom. The first-order chi connectivity index (χ1) is 13.2. The third-order valence-electron chi connectivity index (χ3n) is 6.40. The molecule has 1 nitrogen and oxygen atoms in total. The van der Waals surface area contributed by atoms with E-state index in [0.717, 1.165) is 12.1 Å². The van der Waals surface area contributed by atoms with Gasteiger partial charge in [0, 0.05) is 0 Å². The Morgan fingerprint density at radius 3 is 1.26 bits per heavy atom. The van der Waals surface area contributed by atoms with Gasteiger partial charge in [0.05, 0.1) is 0 Å². The Morgan fingerprint density at radius 2 is 0.926 bits per heavy atom. The zero-order chi connectivity index (χ0) is 18.3. The van der Waals surface area contributed by atoms with E-state index in [4.69, 9.17) is 0 Å². The van der Waals surface area contributed by atoms with Gasteiger partial charge in [0.15, 0.2) is 0 Å². The van der Waals surface area contributed by atoms with Crippen molar-refractivity contribution in [2.45, 2.75) is 37.8 Å². The Labute approximate surface area is 175 Å². The Bertz CT molecular complexity index is 817. The van der Waals surface area contributed by atoms with Gasteiger partial charge in [0.25, 0.3) is 0 Å². The van der Waals surface area contributed by atoms with Gasteiger partial charge in [0.2, 0.25) is 0 Å². The summed E-state index contributed by atoms with van der Waals surface area (Å²) in [7, 11) is 0. The Hall–Kier alpha value is -1.22. The van der Waals surface area contributed by atoms with Crippen molar-refractivity contribution in [3.8, 4) is 0 Å². The first-order valence-corrected chi connectivity index (χ1v) is 14.9. The summed E-state index contributed by atoms with van der Waals surface area (Å²) in [5.41, 5.74) is 0. The minimum atomic E-state index is -2.73. The van der Waals surface area contributed by atoms with Gasteiger partial charge in [-0.1, -0.05) is 0 Å². The van der Waals surface area contributed by atoms with Gasteiger partial charge in [-0.05, 0) is 0 Å². The second-order valence-corrected chi connectivity index (χ2v) is 17.3. The van der Waals surface area contributed by atoms with Crippen molar-refractivity contribution in [2.75, 3.05) is 0 Å². The van der Waals surface area contributed by atoms with Gasteiger partial charge < -0.3 is 0 Å². The van der Waals surface area contributed by atoms with E-state index >= 15 is 0 Å². The molecule has 5 rings (SSSR count). The van der Waals surface area contributed by atoms with Crippen LogP contribution in [0.1, 0.15) is 25.7 Å². The fourth-order valence-electron chi connectivity index (χ4n) is 5.18. The molecule has 0 amide bonds. The van der Waals surface area contributed by atoms with E-state index in [-0.39, 0.29) is 0 Å². The van der Waals surface area contributed by atoms with E-state index in [1.165, 1.54) is 41.6 Å². The van der Waals surface area contributed by atoms with E-state index in [1.807, 2.05) is 0 Å². The number of hydrogen-bond acceptors (Lipinski definition) is 1. The third kappa shape index (κ3) is 2.50. The van der Waals surface area contributed by atoms with E-state index in [1.54, 1.807) is 0 Å². The van der Waals surface area contributed by atoms with Crippen LogP contribution >= 0.6 is 26.4 Å². The SMILES string of the molecule is IP(c1ccccc1)(c1ccccc1)(c1ccccc1)N1[C@H]2CCCC[C@@H]21. The van der Waals surface area contributed by atoms with Crippen molar-refractivity contribution in [1.82, 2.24) is 4.67 Å². The average Bonchev–Trinajstić information content (AvgIpc) is 3.51. The molecule has 2 atom stereocenters. The quantitative estimate of drug-likeness (QED) is 0.272. The van der Waals surface area contributed by atoms with E-state index in [2.05, 4.69) is 118 Å². The molecule has 3 heteroatoms. The van der Waals surface area contributed by atoms with Crippen LogP contribution in [0.25, 0.3) is 0 Å². The van der Waals surface area contributed by atoms with Gasteiger partial charge in [0.1, 0.15) is 0 Å². The number of benzene rings is 3. The van der Waals surface area contributed by atoms with Crippen LogP contribution in [-0.2, 0) is 0 Å². The van der Waals surface area contributed by atoms with E-state index < -0.39 is 4.40 Å². The summed E-state index contributed by atoms with van der Waals surface area (Å²) in [5, 5.41) is 4.45. The van der Waals surface area contributed by atoms with Crippen LogP contribution in [0, 0.1) is 0 Å². The van der Waals surface area contributed by atoms with Crippen LogP contribution in [-0.4, -0.2) is 16.8 Å². The standard InChI is InChI=1S/C24H25INP/c25-27(20-12-4-1-5-13-20,21-14-6-2-7-15-21,22-16-8-3-9-17-22)26-23-18-10-11-19-24(23)26/h1-9,12-17,23-24H,10-11,18-19H2/t23-,24-/m0/s1. The summed E-state index contributed by atoms with van der Waals surface area (Å²) in [5.74, 6) is 0. The first-order valence-electron chi connectivity index (χ1n) is 9.94. The monoisotopic (exact) mass is 485 g/mol. The fourth-order valence-corrected chi connectivity index (χ4v) is 15.4. The van der Waals surface area contributed by atoms with Gasteiger partial charge in [-0.25, -0.2) is 0 Å². The number of fused-ring (bicyclic) bond motifs is 1. The molecule has 0 bridgehead atoms. The molecule has 0 aromatic heterocycles. The summed E-state index contributed by atoms with van der Waals surface area (Å²) >= 11 is 2.92. The summed E-state index contributed by atoms with van der Waals surface area (Å²) in [6.45, 7) is 0. The summed E-state index contributed by atoms with van der Waals surface area (Å²) in [4.78, 5) is 0. The van der Waals surface area contributed by atoms with Crippen LogP contribution in [0.3, 0.4) is 0 Å². The van der Waals surface area contributed by atoms with Gasteiger partial charge in [-0.3, -0.25) is 0 Å². The van der Waals surface area contributed by atoms with E-state index in [9.17, 15) is 0 Å². The normalized spacial score (nSPS) is 25.8. The Balaban J connectivity index is 1.86. The predicted molar refractivity (Wildman–Crippen MR) is 127 cm³/mol. The predicted octanol–water partition coefficient (Wildman–Crippen LogP) is 5.41. The molecule has 1 heterocycles. The summed E-state index contributed by atoms with van der Waals surface area (Å²) < 4.78 is 0.210. The summed E-state index contributed by atoms with van der Waals surface area (Å²) in [6.07, 6.45) is 5.44. The number of nitrogens with zero attached hydrogens (tertiary/aromatic N) is 1. The van der Waals surface area contributed by atoms with Crippen molar-refractivity contribution in [1.29, 1.82) is 0 Å². The molecule has 0 spiro atoms. The zero-order valence-electron chi connectivity index (χ0n) is 15.4.